The predicted molar refractivity (Wildman–Crippen MR) is 180 cm³/mol. The second kappa shape index (κ2) is 18.9. The summed E-state index contributed by atoms with van der Waals surface area (Å²) in [6.45, 7) is 3.90. The highest BCUT2D eigenvalue weighted by molar-refractivity contribution is 5.81. The summed E-state index contributed by atoms with van der Waals surface area (Å²) in [5.74, 6) is -0.395. The molecule has 1 saturated heterocycles. The predicted octanol–water partition coefficient (Wildman–Crippen LogP) is 7.24. The third-order valence-electron chi connectivity index (χ3n) is 7.89. The summed E-state index contributed by atoms with van der Waals surface area (Å²) in [4.78, 5) is 12.2. The second-order valence-electron chi connectivity index (χ2n) is 11.4. The highest BCUT2D eigenvalue weighted by Crippen LogP contribution is 2.32. The number of carbonyl (C=O) groups excluding carboxylic acids is 1. The molecule has 1 aliphatic heterocycles. The Morgan fingerprint density at radius 1 is 0.596 bits per heavy atom. The molecule has 246 valence electrons. The summed E-state index contributed by atoms with van der Waals surface area (Å²) < 4.78 is 38.3. The van der Waals surface area contributed by atoms with Crippen LogP contribution in [0.25, 0.3) is 0 Å². The van der Waals surface area contributed by atoms with E-state index in [4.69, 9.17) is 28.4 Å². The van der Waals surface area contributed by atoms with Gasteiger partial charge in [-0.1, -0.05) is 127 Å². The van der Waals surface area contributed by atoms with Gasteiger partial charge in [0.2, 0.25) is 0 Å². The lowest BCUT2D eigenvalue weighted by Gasteiger charge is -2.46. The number of esters is 1. The van der Waals surface area contributed by atoms with E-state index in [2.05, 4.69) is 0 Å². The fourth-order valence-electron chi connectivity index (χ4n) is 5.56. The van der Waals surface area contributed by atoms with Gasteiger partial charge in [-0.05, 0) is 35.6 Å². The summed E-state index contributed by atoms with van der Waals surface area (Å²) >= 11 is 0. The Labute approximate surface area is 278 Å². The van der Waals surface area contributed by atoms with E-state index in [9.17, 15) is 4.79 Å². The molecule has 0 spiro atoms. The molecule has 0 saturated carbocycles. The van der Waals surface area contributed by atoms with E-state index in [-0.39, 0.29) is 6.61 Å². The van der Waals surface area contributed by atoms with Gasteiger partial charge < -0.3 is 28.4 Å². The van der Waals surface area contributed by atoms with E-state index in [1.165, 1.54) is 6.08 Å². The molecule has 4 aromatic carbocycles. The number of hydrogen-bond donors (Lipinski definition) is 0. The molecule has 4 aromatic rings. The Balaban J connectivity index is 1.44. The van der Waals surface area contributed by atoms with Gasteiger partial charge in [0.15, 0.2) is 0 Å². The van der Waals surface area contributed by atoms with Crippen LogP contribution in [0.4, 0.5) is 0 Å². The van der Waals surface area contributed by atoms with Crippen molar-refractivity contribution >= 4 is 5.97 Å². The van der Waals surface area contributed by atoms with Crippen molar-refractivity contribution in [1.29, 1.82) is 0 Å². The van der Waals surface area contributed by atoms with Crippen molar-refractivity contribution in [2.24, 2.45) is 0 Å². The van der Waals surface area contributed by atoms with Crippen LogP contribution in [-0.2, 0) is 59.6 Å². The average Bonchev–Trinajstić information content (AvgIpc) is 3.11. The van der Waals surface area contributed by atoms with E-state index in [1.807, 2.05) is 121 Å². The quantitative estimate of drug-likeness (QED) is 0.0894. The molecular weight excluding hydrogens is 592 g/mol. The Kier molecular flexibility index (Phi) is 13.8. The zero-order valence-electron chi connectivity index (χ0n) is 26.9. The zero-order chi connectivity index (χ0) is 32.5. The van der Waals surface area contributed by atoms with E-state index in [0.717, 1.165) is 22.3 Å². The van der Waals surface area contributed by atoms with Gasteiger partial charge >= 0.3 is 5.97 Å². The molecule has 0 aliphatic carbocycles. The first-order valence-electron chi connectivity index (χ1n) is 16.3. The molecule has 0 bridgehead atoms. The minimum Gasteiger partial charge on any atom is -0.463 e. The topological polar surface area (TPSA) is 72.5 Å². The van der Waals surface area contributed by atoms with Crippen LogP contribution in [0.1, 0.15) is 35.6 Å². The molecule has 0 N–H and O–H groups in total. The van der Waals surface area contributed by atoms with Gasteiger partial charge in [0.05, 0.1) is 45.7 Å². The molecule has 1 aliphatic rings. The van der Waals surface area contributed by atoms with Crippen molar-refractivity contribution in [3.05, 3.63) is 156 Å². The van der Waals surface area contributed by atoms with E-state index >= 15 is 0 Å². The number of ether oxygens (including phenoxy) is 6. The molecule has 0 radical (unpaired) electrons. The summed E-state index contributed by atoms with van der Waals surface area (Å²) in [6.07, 6.45) is 1.17. The van der Waals surface area contributed by atoms with Gasteiger partial charge in [-0.2, -0.15) is 0 Å². The fourth-order valence-corrected chi connectivity index (χ4v) is 5.56. The minimum atomic E-state index is -0.517. The molecule has 47 heavy (non-hydrogen) atoms. The number of hydrogen-bond acceptors (Lipinski definition) is 7. The zero-order valence-corrected chi connectivity index (χ0v) is 26.9. The van der Waals surface area contributed by atoms with Crippen LogP contribution in [0.2, 0.25) is 0 Å². The lowest BCUT2D eigenvalue weighted by atomic mass is 9.92. The molecule has 0 aromatic heterocycles. The van der Waals surface area contributed by atoms with Crippen molar-refractivity contribution in [3.8, 4) is 0 Å². The monoisotopic (exact) mass is 636 g/mol. The van der Waals surface area contributed by atoms with Crippen LogP contribution in [0.3, 0.4) is 0 Å². The van der Waals surface area contributed by atoms with Gasteiger partial charge in [-0.15, -0.1) is 0 Å². The van der Waals surface area contributed by atoms with Gasteiger partial charge in [0.25, 0.3) is 0 Å². The second-order valence-corrected chi connectivity index (χ2v) is 11.4. The maximum absolute atomic E-state index is 12.2. The van der Waals surface area contributed by atoms with Crippen LogP contribution in [0.5, 0.6) is 0 Å². The number of rotatable bonds is 17. The Morgan fingerprint density at radius 2 is 1.02 bits per heavy atom. The normalized spacial score (nSPS) is 21.1. The van der Waals surface area contributed by atoms with Crippen molar-refractivity contribution in [2.75, 3.05) is 13.2 Å². The molecule has 5 atom stereocenters. The van der Waals surface area contributed by atoms with Gasteiger partial charge in [-0.3, -0.25) is 0 Å². The van der Waals surface area contributed by atoms with Crippen LogP contribution in [-0.4, -0.2) is 49.7 Å². The van der Waals surface area contributed by atoms with Crippen molar-refractivity contribution < 1.29 is 33.2 Å². The van der Waals surface area contributed by atoms with Crippen LogP contribution in [0.15, 0.2) is 133 Å². The van der Waals surface area contributed by atoms with Crippen LogP contribution >= 0.6 is 0 Å². The fraction of sp³-hybridized carbons (Fsp3) is 0.325. The molecular formula is C40H44O7. The summed E-state index contributed by atoms with van der Waals surface area (Å²) in [5.41, 5.74) is 4.18. The Morgan fingerprint density at radius 3 is 1.49 bits per heavy atom. The maximum Gasteiger partial charge on any atom is 0.330 e. The van der Waals surface area contributed by atoms with E-state index in [0.29, 0.717) is 39.5 Å². The van der Waals surface area contributed by atoms with Crippen molar-refractivity contribution in [3.63, 3.8) is 0 Å². The van der Waals surface area contributed by atoms with Gasteiger partial charge in [0.1, 0.15) is 24.4 Å². The molecule has 7 nitrogen and oxygen atoms in total. The maximum atomic E-state index is 12.2. The standard InChI is InChI=1S/C40H44O7/c1-2-43-37(41)25-15-24-35-38(44-27-32-18-9-4-10-19-32)40(46-29-34-22-13-6-14-23-34)39(45-28-33-20-11-5-12-21-33)36(47-35)30-42-26-31-16-7-3-8-17-31/h3-23,25,35-36,38-40H,2,24,26-30H2,1H3/b25-15+/t35-,36+,38-,39+,40+/m0/s1. The van der Waals surface area contributed by atoms with E-state index in [1.54, 1.807) is 13.0 Å². The van der Waals surface area contributed by atoms with Crippen LogP contribution < -0.4 is 0 Å². The SMILES string of the molecule is CCOC(=O)/C=C/C[C@@H]1O[C@H](COCc2ccccc2)[C@@H](OCc2ccccc2)[C@H](OCc2ccccc2)[C@H]1OCc1ccccc1. The summed E-state index contributed by atoms with van der Waals surface area (Å²) in [7, 11) is 0. The third-order valence-corrected chi connectivity index (χ3v) is 7.89. The first-order valence-corrected chi connectivity index (χ1v) is 16.3. The highest BCUT2D eigenvalue weighted by Gasteiger charge is 2.48. The van der Waals surface area contributed by atoms with Crippen molar-refractivity contribution in [1.82, 2.24) is 0 Å². The average molecular weight is 637 g/mol. The van der Waals surface area contributed by atoms with Crippen LogP contribution in [0, 0.1) is 0 Å². The van der Waals surface area contributed by atoms with E-state index < -0.39 is 36.5 Å². The largest absolute Gasteiger partial charge is 0.463 e. The summed E-state index contributed by atoms with van der Waals surface area (Å²) in [6, 6.07) is 40.2. The highest BCUT2D eigenvalue weighted by atomic mass is 16.6. The van der Waals surface area contributed by atoms with Crippen molar-refractivity contribution in [2.45, 2.75) is 70.3 Å². The lowest BCUT2D eigenvalue weighted by Crippen LogP contribution is -2.61. The molecule has 0 amide bonds. The summed E-state index contributed by atoms with van der Waals surface area (Å²) in [5, 5.41) is 0. The minimum absolute atomic E-state index is 0.281. The van der Waals surface area contributed by atoms with Gasteiger partial charge in [0, 0.05) is 6.08 Å². The first kappa shape index (κ1) is 34.2. The molecule has 5 rings (SSSR count). The molecule has 1 fully saturated rings. The first-order chi connectivity index (χ1) is 23.2. The number of benzene rings is 4. The smallest absolute Gasteiger partial charge is 0.330 e. The van der Waals surface area contributed by atoms with Gasteiger partial charge in [-0.25, -0.2) is 4.79 Å². The molecule has 1 heterocycles. The Hall–Kier alpha value is -4.11. The molecule has 7 heteroatoms. The Bertz CT molecular complexity index is 1460. The number of carbonyl (C=O) groups is 1. The lowest BCUT2D eigenvalue weighted by molar-refractivity contribution is -0.271. The third kappa shape index (κ3) is 11.0. The molecule has 0 unspecified atom stereocenters.